The molecule has 0 spiro atoms. The minimum atomic E-state index is -0.426. The number of aromatic nitrogens is 1. The first-order chi connectivity index (χ1) is 12.2. The summed E-state index contributed by atoms with van der Waals surface area (Å²) in [6.45, 7) is 2.04. The molecular formula is C21H15NO3. The molecule has 4 heteroatoms. The molecule has 25 heavy (non-hydrogen) atoms. The minimum Gasteiger partial charge on any atom is -0.443 e. The van der Waals surface area contributed by atoms with E-state index in [1.54, 1.807) is 24.3 Å². The topological polar surface area (TPSA) is 52.3 Å². The molecule has 0 N–H and O–H groups in total. The number of rotatable bonds is 3. The second kappa shape index (κ2) is 6.24. The first kappa shape index (κ1) is 15.1. The first-order valence-electron chi connectivity index (χ1n) is 7.92. The van der Waals surface area contributed by atoms with Crippen LogP contribution in [0, 0.1) is 6.92 Å². The van der Waals surface area contributed by atoms with Gasteiger partial charge in [0, 0.05) is 5.56 Å². The zero-order valence-electron chi connectivity index (χ0n) is 13.6. The van der Waals surface area contributed by atoms with Gasteiger partial charge in [-0.2, -0.15) is 0 Å². The van der Waals surface area contributed by atoms with Gasteiger partial charge in [0.1, 0.15) is 11.3 Å². The molecule has 1 aromatic heterocycles. The fourth-order valence-electron chi connectivity index (χ4n) is 2.67. The Balaban J connectivity index is 1.66. The molecule has 0 saturated carbocycles. The number of fused-ring (bicyclic) bond motifs is 1. The molecule has 0 radical (unpaired) electrons. The summed E-state index contributed by atoms with van der Waals surface area (Å²) >= 11 is 0. The van der Waals surface area contributed by atoms with Crippen LogP contribution in [0.15, 0.2) is 77.5 Å². The molecule has 0 fully saturated rings. The van der Waals surface area contributed by atoms with Gasteiger partial charge >= 0.3 is 5.97 Å². The highest BCUT2D eigenvalue weighted by molar-refractivity contribution is 5.95. The lowest BCUT2D eigenvalue weighted by Gasteiger charge is -2.10. The van der Waals surface area contributed by atoms with Crippen molar-refractivity contribution >= 4 is 17.1 Å². The van der Waals surface area contributed by atoms with Gasteiger partial charge in [-0.25, -0.2) is 9.78 Å². The molecule has 3 aromatic carbocycles. The zero-order chi connectivity index (χ0) is 17.2. The van der Waals surface area contributed by atoms with Crippen LogP contribution >= 0.6 is 0 Å². The van der Waals surface area contributed by atoms with Gasteiger partial charge in [0.25, 0.3) is 0 Å². The number of hydrogen-bond acceptors (Lipinski definition) is 4. The maximum atomic E-state index is 12.5. The van der Waals surface area contributed by atoms with Gasteiger partial charge in [-0.05, 0) is 36.8 Å². The number of carbonyl (C=O) groups excluding carboxylic acids is 1. The van der Waals surface area contributed by atoms with E-state index in [1.165, 1.54) is 12.0 Å². The molecule has 0 aliphatic rings. The second-order valence-corrected chi connectivity index (χ2v) is 5.79. The third-order valence-corrected chi connectivity index (χ3v) is 4.02. The molecule has 0 aliphatic carbocycles. The molecule has 0 bridgehead atoms. The normalized spacial score (nSPS) is 10.8. The number of hydrogen-bond donors (Lipinski definition) is 0. The van der Waals surface area contributed by atoms with Gasteiger partial charge < -0.3 is 9.15 Å². The van der Waals surface area contributed by atoms with Crippen molar-refractivity contribution in [3.63, 3.8) is 0 Å². The standard InChI is InChI=1S/C21H15NO3/c1-14-6-8-15(9-7-14)17-4-2-3-5-19(17)25-21(23)16-10-11-20-18(12-16)22-13-24-20/h2-13H,1H3. The van der Waals surface area contributed by atoms with Crippen LogP contribution in [0.3, 0.4) is 0 Å². The Morgan fingerprint density at radius 1 is 1.00 bits per heavy atom. The molecule has 0 unspecified atom stereocenters. The van der Waals surface area contributed by atoms with Crippen LogP contribution in [-0.4, -0.2) is 11.0 Å². The molecule has 122 valence electrons. The van der Waals surface area contributed by atoms with E-state index in [9.17, 15) is 4.79 Å². The Bertz CT molecular complexity index is 1050. The highest BCUT2D eigenvalue weighted by atomic mass is 16.5. The maximum absolute atomic E-state index is 12.5. The van der Waals surface area contributed by atoms with Gasteiger partial charge in [0.15, 0.2) is 12.0 Å². The minimum absolute atomic E-state index is 0.426. The maximum Gasteiger partial charge on any atom is 0.343 e. The summed E-state index contributed by atoms with van der Waals surface area (Å²) in [5.74, 6) is 0.0982. The molecule has 0 amide bonds. The number of ether oxygens (including phenoxy) is 1. The smallest absolute Gasteiger partial charge is 0.343 e. The summed E-state index contributed by atoms with van der Waals surface area (Å²) < 4.78 is 10.8. The van der Waals surface area contributed by atoms with Crippen molar-refractivity contribution in [3.8, 4) is 16.9 Å². The summed E-state index contributed by atoms with van der Waals surface area (Å²) in [4.78, 5) is 16.6. The van der Waals surface area contributed by atoms with Crippen LogP contribution in [0.5, 0.6) is 5.75 Å². The Morgan fingerprint density at radius 3 is 2.64 bits per heavy atom. The van der Waals surface area contributed by atoms with Crippen LogP contribution in [0.1, 0.15) is 15.9 Å². The van der Waals surface area contributed by atoms with E-state index >= 15 is 0 Å². The monoisotopic (exact) mass is 329 g/mol. The van der Waals surface area contributed by atoms with E-state index in [1.807, 2.05) is 49.4 Å². The fraction of sp³-hybridized carbons (Fsp3) is 0.0476. The number of oxazole rings is 1. The first-order valence-corrected chi connectivity index (χ1v) is 7.92. The SMILES string of the molecule is Cc1ccc(-c2ccccc2OC(=O)c2ccc3ocnc3c2)cc1. The quantitative estimate of drug-likeness (QED) is 0.391. The molecule has 0 aliphatic heterocycles. The second-order valence-electron chi connectivity index (χ2n) is 5.79. The zero-order valence-corrected chi connectivity index (χ0v) is 13.6. The summed E-state index contributed by atoms with van der Waals surface area (Å²) in [7, 11) is 0. The number of esters is 1. The molecular weight excluding hydrogens is 314 g/mol. The van der Waals surface area contributed by atoms with Crippen molar-refractivity contribution in [2.75, 3.05) is 0 Å². The Hall–Kier alpha value is -3.40. The fourth-order valence-corrected chi connectivity index (χ4v) is 2.67. The summed E-state index contributed by atoms with van der Waals surface area (Å²) in [5.41, 5.74) is 4.75. The van der Waals surface area contributed by atoms with Crippen LogP contribution < -0.4 is 4.74 Å². The van der Waals surface area contributed by atoms with E-state index in [2.05, 4.69) is 4.98 Å². The number of para-hydroxylation sites is 1. The third kappa shape index (κ3) is 3.02. The number of aryl methyl sites for hydroxylation is 1. The highest BCUT2D eigenvalue weighted by Gasteiger charge is 2.14. The van der Waals surface area contributed by atoms with Crippen LogP contribution in [0.4, 0.5) is 0 Å². The Labute approximate surface area is 144 Å². The van der Waals surface area contributed by atoms with Gasteiger partial charge in [-0.3, -0.25) is 0 Å². The lowest BCUT2D eigenvalue weighted by atomic mass is 10.0. The average Bonchev–Trinajstić information content (AvgIpc) is 3.11. The molecule has 0 atom stereocenters. The Kier molecular flexibility index (Phi) is 3.78. The summed E-state index contributed by atoms with van der Waals surface area (Å²) in [5, 5.41) is 0. The number of benzene rings is 3. The predicted octanol–water partition coefficient (Wildman–Crippen LogP) is 5.02. The predicted molar refractivity (Wildman–Crippen MR) is 95.6 cm³/mol. The number of nitrogens with zero attached hydrogens (tertiary/aromatic N) is 1. The average molecular weight is 329 g/mol. The van der Waals surface area contributed by atoms with E-state index in [0.29, 0.717) is 22.4 Å². The van der Waals surface area contributed by atoms with E-state index in [-0.39, 0.29) is 0 Å². The largest absolute Gasteiger partial charge is 0.443 e. The molecule has 1 heterocycles. The summed E-state index contributed by atoms with van der Waals surface area (Å²) in [6, 6.07) is 20.7. The van der Waals surface area contributed by atoms with Crippen molar-refractivity contribution in [1.29, 1.82) is 0 Å². The highest BCUT2D eigenvalue weighted by Crippen LogP contribution is 2.30. The van der Waals surface area contributed by atoms with Gasteiger partial charge in [0.05, 0.1) is 5.56 Å². The van der Waals surface area contributed by atoms with Gasteiger partial charge in [0.2, 0.25) is 0 Å². The lowest BCUT2D eigenvalue weighted by molar-refractivity contribution is 0.0735. The van der Waals surface area contributed by atoms with Crippen molar-refractivity contribution < 1.29 is 13.9 Å². The third-order valence-electron chi connectivity index (χ3n) is 4.02. The van der Waals surface area contributed by atoms with Gasteiger partial charge in [-0.15, -0.1) is 0 Å². The van der Waals surface area contributed by atoms with Crippen molar-refractivity contribution in [1.82, 2.24) is 4.98 Å². The molecule has 0 saturated heterocycles. The molecule has 4 aromatic rings. The van der Waals surface area contributed by atoms with Crippen LogP contribution in [0.2, 0.25) is 0 Å². The van der Waals surface area contributed by atoms with E-state index in [0.717, 1.165) is 11.1 Å². The van der Waals surface area contributed by atoms with Crippen molar-refractivity contribution in [3.05, 3.63) is 84.3 Å². The van der Waals surface area contributed by atoms with Crippen LogP contribution in [-0.2, 0) is 0 Å². The number of carbonyl (C=O) groups is 1. The van der Waals surface area contributed by atoms with Crippen molar-refractivity contribution in [2.24, 2.45) is 0 Å². The summed E-state index contributed by atoms with van der Waals surface area (Å²) in [6.07, 6.45) is 1.35. The Morgan fingerprint density at radius 2 is 1.80 bits per heavy atom. The van der Waals surface area contributed by atoms with E-state index in [4.69, 9.17) is 9.15 Å². The molecule has 4 rings (SSSR count). The molecule has 4 nitrogen and oxygen atoms in total. The van der Waals surface area contributed by atoms with Crippen LogP contribution in [0.25, 0.3) is 22.2 Å². The lowest BCUT2D eigenvalue weighted by Crippen LogP contribution is -2.09. The van der Waals surface area contributed by atoms with Crippen molar-refractivity contribution in [2.45, 2.75) is 6.92 Å². The van der Waals surface area contributed by atoms with E-state index < -0.39 is 5.97 Å². The van der Waals surface area contributed by atoms with Gasteiger partial charge in [-0.1, -0.05) is 48.0 Å².